The third kappa shape index (κ3) is 7.62. The summed E-state index contributed by atoms with van der Waals surface area (Å²) >= 11 is -3.68. The Labute approximate surface area is 445 Å². The molecule has 2 aromatic heterocycles. The first-order chi connectivity index (χ1) is 35.2. The van der Waals surface area contributed by atoms with E-state index in [9.17, 15) is 0 Å². The molecule has 1 spiro atoms. The normalized spacial score (nSPS) is 15.3. The molecule has 13 rings (SSSR count). The van der Waals surface area contributed by atoms with Crippen molar-refractivity contribution < 1.29 is 25.8 Å². The van der Waals surface area contributed by atoms with Crippen LogP contribution in [-0.2, 0) is 26.5 Å². The van der Waals surface area contributed by atoms with Crippen molar-refractivity contribution in [3.05, 3.63) is 237 Å². The average Bonchev–Trinajstić information content (AvgIpc) is 3.92. The Hall–Kier alpha value is -7.01. The van der Waals surface area contributed by atoms with Crippen molar-refractivity contribution in [2.75, 3.05) is 16.9 Å². The van der Waals surface area contributed by atoms with E-state index < -0.39 is 21.2 Å². The molecule has 2 aliphatic rings. The van der Waals surface area contributed by atoms with Crippen LogP contribution in [0, 0.1) is 19.2 Å². The number of benzene rings is 9. The molecule has 1 N–H and O–H groups in total. The quantitative estimate of drug-likeness (QED) is 0.0888. The Morgan fingerprint density at radius 1 is 0.603 bits per heavy atom. The van der Waals surface area contributed by atoms with Crippen molar-refractivity contribution in [3.8, 4) is 39.6 Å². The predicted molar refractivity (Wildman–Crippen MR) is 305 cm³/mol. The first kappa shape index (κ1) is 47.0. The summed E-state index contributed by atoms with van der Waals surface area (Å²) in [5.74, 6) is 2.12. The third-order valence-corrected chi connectivity index (χ3v) is 28.1. The second-order valence-corrected chi connectivity index (χ2v) is 29.6. The minimum Gasteiger partial charge on any atom is -0.0622 e. The summed E-state index contributed by atoms with van der Waals surface area (Å²) in [7, 11) is 4.20. The zero-order chi connectivity index (χ0) is 48.7. The molecule has 2 aliphatic heterocycles. The zero-order valence-electron chi connectivity index (χ0n) is 40.9. The van der Waals surface area contributed by atoms with Crippen LogP contribution in [0.5, 0.6) is 11.5 Å². The van der Waals surface area contributed by atoms with Crippen LogP contribution in [0.25, 0.3) is 49.9 Å². The number of para-hydroxylation sites is 3. The van der Waals surface area contributed by atoms with Crippen LogP contribution in [0.15, 0.2) is 212 Å². The first-order valence-corrected chi connectivity index (χ1v) is 30.5. The summed E-state index contributed by atoms with van der Waals surface area (Å²) in [5, 5.41) is 9.28. The molecular formula is C65H50GeN4OPPt-3. The number of hydrogen-bond donors (Lipinski definition) is 1. The number of nitrogens with one attached hydrogen (secondary N) is 1. The molecule has 11 aromatic rings. The minimum atomic E-state index is -3.68. The molecule has 0 atom stereocenters. The van der Waals surface area contributed by atoms with Gasteiger partial charge in [0.15, 0.2) is 0 Å². The Morgan fingerprint density at radius 3 is 1.89 bits per heavy atom. The molecule has 0 fully saturated rings. The fourth-order valence-electron chi connectivity index (χ4n) is 11.5. The standard InChI is InChI=1S/C65H50GeN4OP.Pt/c1-65(2,3)45-37-38-67-61(39-45)70-57-34-20-31-53-62(57)63-54(66(53)51-29-12-16-35-59(51)72(5)60-36-17-13-30-52(60)66)41-48(42-58(63)70)71-47-26-18-25-46(40-47)68-55-32-14-15-33-56(55)69(4)64-49(43-21-8-6-9-22-43)27-19-28-50(64)44-23-10-7-11-24-44;/h6-39,41,68H,4H2,1-3,5H3;/q-3;. The Kier molecular flexibility index (Phi) is 11.9. The molecule has 73 heavy (non-hydrogen) atoms. The van der Waals surface area contributed by atoms with Gasteiger partial charge in [-0.25, -0.2) is 0 Å². The van der Waals surface area contributed by atoms with E-state index in [4.69, 9.17) is 16.8 Å². The van der Waals surface area contributed by atoms with Crippen molar-refractivity contribution >= 4 is 93.9 Å². The van der Waals surface area contributed by atoms with Gasteiger partial charge in [-0.1, -0.05) is 78.9 Å². The molecule has 0 saturated heterocycles. The van der Waals surface area contributed by atoms with E-state index in [1.807, 2.05) is 24.4 Å². The van der Waals surface area contributed by atoms with E-state index in [0.717, 1.165) is 61.9 Å². The van der Waals surface area contributed by atoms with Gasteiger partial charge in [-0.2, -0.15) is 0 Å². The van der Waals surface area contributed by atoms with Crippen LogP contribution >= 0.6 is 7.92 Å². The first-order valence-electron chi connectivity index (χ1n) is 24.5. The van der Waals surface area contributed by atoms with Crippen molar-refractivity contribution in [2.45, 2.75) is 26.2 Å². The fourth-order valence-corrected chi connectivity index (χ4v) is 28.2. The Morgan fingerprint density at radius 2 is 1.21 bits per heavy atom. The van der Waals surface area contributed by atoms with Gasteiger partial charge >= 0.3 is 327 Å². The molecule has 9 aromatic carbocycles. The van der Waals surface area contributed by atoms with Crippen molar-refractivity contribution in [1.82, 2.24) is 9.55 Å². The third-order valence-electron chi connectivity index (χ3n) is 14.7. The van der Waals surface area contributed by atoms with Crippen molar-refractivity contribution in [1.29, 1.82) is 0 Å². The molecule has 0 saturated carbocycles. The number of hydrogen-bond acceptors (Lipinski definition) is 4. The molecule has 8 heteroatoms. The smallest absolute Gasteiger partial charge is 0.0622 e. The van der Waals surface area contributed by atoms with Gasteiger partial charge in [-0.3, -0.25) is 0 Å². The van der Waals surface area contributed by atoms with Crippen LogP contribution in [-0.4, -0.2) is 29.5 Å². The fraction of sp³-hybridized carbons (Fsp3) is 0.0769. The molecule has 0 unspecified atom stereocenters. The van der Waals surface area contributed by atoms with Gasteiger partial charge in [0, 0.05) is 32.2 Å². The van der Waals surface area contributed by atoms with Crippen LogP contribution in [0.3, 0.4) is 0 Å². The van der Waals surface area contributed by atoms with E-state index >= 15 is 0 Å². The summed E-state index contributed by atoms with van der Waals surface area (Å²) < 4.78 is 15.3. The molecule has 4 heterocycles. The number of ether oxygens (including phenoxy) is 1. The molecule has 0 amide bonds. The van der Waals surface area contributed by atoms with Crippen LogP contribution in [0.4, 0.5) is 22.7 Å². The topological polar surface area (TPSA) is 42.3 Å². The summed E-state index contributed by atoms with van der Waals surface area (Å²) in [5.41, 5.74) is 11.3. The van der Waals surface area contributed by atoms with E-state index in [0.29, 0.717) is 11.5 Å². The number of anilines is 4. The molecule has 0 radical (unpaired) electrons. The summed E-state index contributed by atoms with van der Waals surface area (Å²) in [6.07, 6.45) is 1.95. The molecular weight excluding hydrogens is 1150 g/mol. The van der Waals surface area contributed by atoms with Gasteiger partial charge in [0.25, 0.3) is 0 Å². The van der Waals surface area contributed by atoms with Gasteiger partial charge < -0.3 is 0 Å². The summed E-state index contributed by atoms with van der Waals surface area (Å²) in [4.78, 5) is 7.13. The number of pyridine rings is 1. The average molecular weight is 1200 g/mol. The van der Waals surface area contributed by atoms with Gasteiger partial charge in [-0.15, -0.1) is 0 Å². The van der Waals surface area contributed by atoms with Crippen LogP contribution in [0.1, 0.15) is 26.3 Å². The summed E-state index contributed by atoms with van der Waals surface area (Å²) in [6.45, 7) is 9.21. The summed E-state index contributed by atoms with van der Waals surface area (Å²) in [6, 6.07) is 81.7. The van der Waals surface area contributed by atoms with Gasteiger partial charge in [0.05, 0.1) is 0 Å². The maximum absolute atomic E-state index is 7.09. The van der Waals surface area contributed by atoms with Crippen LogP contribution < -0.4 is 43.1 Å². The van der Waals surface area contributed by atoms with E-state index in [-0.39, 0.29) is 26.5 Å². The monoisotopic (exact) mass is 1200 g/mol. The predicted octanol–water partition coefficient (Wildman–Crippen LogP) is 12.9. The van der Waals surface area contributed by atoms with E-state index in [1.54, 1.807) is 0 Å². The Bertz CT molecular complexity index is 3820. The maximum atomic E-state index is 7.09. The molecule has 5 nitrogen and oxygen atoms in total. The van der Waals surface area contributed by atoms with Gasteiger partial charge in [0.1, 0.15) is 0 Å². The Balaban J connectivity index is 0.00000543. The SMILES string of the molecule is [CH2-]N(c1ccccc1Nc1[c-]c(Oc2[c-]c3c4[c](c2)[Ge]2([c]5ccccc5P(C)c5cccc[c]52)[c]2cccc(c24)n3-c2cc(C(C)(C)C)ccn2)ccc1)c1c(-c2ccccc2)cccc1-c1ccccc1.[Pt]. The number of fused-ring (bicyclic) bond motifs is 6. The number of aromatic nitrogens is 2. The van der Waals surface area contributed by atoms with E-state index in [1.165, 1.54) is 44.5 Å². The van der Waals surface area contributed by atoms with Gasteiger partial charge in [-0.05, 0) is 11.1 Å². The molecule has 0 aliphatic carbocycles. The molecule has 0 bridgehead atoms. The second kappa shape index (κ2) is 18.5. The molecule has 358 valence electrons. The minimum absolute atomic E-state index is 0. The van der Waals surface area contributed by atoms with Crippen molar-refractivity contribution in [3.63, 3.8) is 0 Å². The van der Waals surface area contributed by atoms with Gasteiger partial charge in [0.2, 0.25) is 0 Å². The van der Waals surface area contributed by atoms with Crippen molar-refractivity contribution in [2.24, 2.45) is 0 Å². The second-order valence-electron chi connectivity index (χ2n) is 19.8. The van der Waals surface area contributed by atoms with Crippen LogP contribution in [0.2, 0.25) is 0 Å². The number of rotatable bonds is 9. The van der Waals surface area contributed by atoms with E-state index in [2.05, 4.69) is 242 Å². The zero-order valence-corrected chi connectivity index (χ0v) is 46.2. The number of nitrogens with zero attached hydrogens (tertiary/aromatic N) is 3.